The number of aliphatic hydroxyl groups excluding tert-OH is 1. The van der Waals surface area contributed by atoms with Crippen molar-refractivity contribution in [1.82, 2.24) is 14.5 Å². The average Bonchev–Trinajstić information content (AvgIpc) is 3.07. The Hall–Kier alpha value is -1.47. The molecule has 0 aromatic carbocycles. The monoisotopic (exact) mass is 307 g/mol. The van der Waals surface area contributed by atoms with Crippen LogP contribution in [0.5, 0.6) is 0 Å². The molecule has 1 saturated carbocycles. The summed E-state index contributed by atoms with van der Waals surface area (Å²) in [5.41, 5.74) is 0.0891. The van der Waals surface area contributed by atoms with E-state index in [0.717, 1.165) is 5.57 Å². The first-order chi connectivity index (χ1) is 10.0. The van der Waals surface area contributed by atoms with Crippen LogP contribution in [0.15, 0.2) is 30.7 Å². The predicted molar refractivity (Wildman–Crippen MR) is 75.8 cm³/mol. The van der Waals surface area contributed by atoms with E-state index in [1.807, 2.05) is 0 Å². The highest BCUT2D eigenvalue weighted by Gasteiger charge is 2.59. The van der Waals surface area contributed by atoms with Crippen LogP contribution in [0, 0.1) is 0 Å². The molecular formula is C14H14ClN3O3. The molecule has 0 amide bonds. The molecule has 1 unspecified atom stereocenters. The van der Waals surface area contributed by atoms with Crippen molar-refractivity contribution in [3.05, 3.63) is 35.9 Å². The van der Waals surface area contributed by atoms with Crippen molar-refractivity contribution in [2.75, 3.05) is 0 Å². The molecule has 2 aromatic rings. The minimum atomic E-state index is -1.28. The molecule has 0 radical (unpaired) electrons. The van der Waals surface area contributed by atoms with Crippen molar-refractivity contribution in [1.29, 1.82) is 0 Å². The number of ether oxygens (including phenoxy) is 1. The van der Waals surface area contributed by atoms with E-state index in [-0.39, 0.29) is 0 Å². The molecule has 7 heteroatoms. The summed E-state index contributed by atoms with van der Waals surface area (Å²) in [4.78, 5) is 8.11. The van der Waals surface area contributed by atoms with Crippen molar-refractivity contribution in [2.45, 2.75) is 36.9 Å². The SMILES string of the molecule is C=C1CC[C@]2(O)C(O)[C@H](n3ccc4c(Cl)ncnc43)O[C@H]12. The van der Waals surface area contributed by atoms with Gasteiger partial charge in [0, 0.05) is 6.20 Å². The van der Waals surface area contributed by atoms with Crippen molar-refractivity contribution < 1.29 is 14.9 Å². The van der Waals surface area contributed by atoms with E-state index >= 15 is 0 Å². The van der Waals surface area contributed by atoms with E-state index in [1.165, 1.54) is 6.33 Å². The van der Waals surface area contributed by atoms with Gasteiger partial charge in [-0.1, -0.05) is 18.2 Å². The molecular weight excluding hydrogens is 294 g/mol. The number of hydrogen-bond donors (Lipinski definition) is 2. The molecule has 1 aliphatic carbocycles. The summed E-state index contributed by atoms with van der Waals surface area (Å²) in [6.45, 7) is 3.92. The molecule has 2 aliphatic rings. The van der Waals surface area contributed by atoms with Gasteiger partial charge in [-0.15, -0.1) is 0 Å². The molecule has 2 N–H and O–H groups in total. The number of aliphatic hydroxyl groups is 2. The van der Waals surface area contributed by atoms with Gasteiger partial charge in [-0.25, -0.2) is 9.97 Å². The minimum absolute atomic E-state index is 0.342. The van der Waals surface area contributed by atoms with Crippen LogP contribution in [0.2, 0.25) is 5.15 Å². The molecule has 4 rings (SSSR count). The number of aromatic nitrogens is 3. The summed E-state index contributed by atoms with van der Waals surface area (Å²) in [6.07, 6.45) is 1.87. The van der Waals surface area contributed by atoms with Gasteiger partial charge in [0.25, 0.3) is 0 Å². The van der Waals surface area contributed by atoms with Crippen LogP contribution in [-0.2, 0) is 4.74 Å². The van der Waals surface area contributed by atoms with Crippen molar-refractivity contribution >= 4 is 22.6 Å². The van der Waals surface area contributed by atoms with Crippen molar-refractivity contribution in [3.8, 4) is 0 Å². The zero-order valence-corrected chi connectivity index (χ0v) is 11.9. The van der Waals surface area contributed by atoms with Gasteiger partial charge < -0.3 is 19.5 Å². The van der Waals surface area contributed by atoms with E-state index in [2.05, 4.69) is 16.5 Å². The Morgan fingerprint density at radius 1 is 1.48 bits per heavy atom. The number of nitrogens with zero attached hydrogens (tertiary/aromatic N) is 3. The van der Waals surface area contributed by atoms with E-state index in [9.17, 15) is 10.2 Å². The van der Waals surface area contributed by atoms with Gasteiger partial charge in [0.15, 0.2) is 6.23 Å². The molecule has 21 heavy (non-hydrogen) atoms. The van der Waals surface area contributed by atoms with Gasteiger partial charge in [-0.2, -0.15) is 0 Å². The molecule has 4 atom stereocenters. The van der Waals surface area contributed by atoms with Gasteiger partial charge in [0.2, 0.25) is 0 Å². The first-order valence-corrected chi connectivity index (χ1v) is 7.11. The Bertz CT molecular complexity index is 746. The van der Waals surface area contributed by atoms with Crippen LogP contribution in [0.25, 0.3) is 11.0 Å². The maximum atomic E-state index is 10.7. The molecule has 1 saturated heterocycles. The lowest BCUT2D eigenvalue weighted by Gasteiger charge is -2.25. The molecule has 2 aromatic heterocycles. The van der Waals surface area contributed by atoms with E-state index in [4.69, 9.17) is 16.3 Å². The summed E-state index contributed by atoms with van der Waals surface area (Å²) >= 11 is 6.03. The Balaban J connectivity index is 1.80. The standard InChI is InChI=1S/C14H14ClN3O3/c1-7-2-4-14(20)9(19)13(21-10(7)14)18-5-3-8-11(15)16-6-17-12(8)18/h3,5-6,9-10,13,19-20H,1-2,4H2/t9?,10-,13-,14+/m1/s1. The fourth-order valence-corrected chi connectivity index (χ4v) is 3.51. The average molecular weight is 308 g/mol. The third-order valence-corrected chi connectivity index (χ3v) is 4.77. The lowest BCUT2D eigenvalue weighted by Crippen LogP contribution is -2.44. The van der Waals surface area contributed by atoms with Crippen LogP contribution in [0.1, 0.15) is 19.1 Å². The first-order valence-electron chi connectivity index (χ1n) is 6.73. The van der Waals surface area contributed by atoms with Gasteiger partial charge in [-0.05, 0) is 24.5 Å². The highest BCUT2D eigenvalue weighted by atomic mass is 35.5. The molecule has 0 bridgehead atoms. The van der Waals surface area contributed by atoms with Crippen LogP contribution >= 0.6 is 11.6 Å². The summed E-state index contributed by atoms with van der Waals surface area (Å²) in [7, 11) is 0. The Labute approximate surface area is 125 Å². The number of fused-ring (bicyclic) bond motifs is 2. The van der Waals surface area contributed by atoms with Crippen LogP contribution in [0.3, 0.4) is 0 Å². The summed E-state index contributed by atoms with van der Waals surface area (Å²) in [6, 6.07) is 1.76. The first kappa shape index (κ1) is 13.2. The molecule has 3 heterocycles. The van der Waals surface area contributed by atoms with Crippen molar-refractivity contribution in [2.24, 2.45) is 0 Å². The Kier molecular flexibility index (Phi) is 2.68. The summed E-state index contributed by atoms with van der Waals surface area (Å²) in [5.74, 6) is 0. The van der Waals surface area contributed by atoms with Gasteiger partial charge in [0.1, 0.15) is 34.9 Å². The molecule has 0 spiro atoms. The van der Waals surface area contributed by atoms with Gasteiger partial charge >= 0.3 is 0 Å². The van der Waals surface area contributed by atoms with Crippen LogP contribution in [0.4, 0.5) is 0 Å². The quantitative estimate of drug-likeness (QED) is 0.615. The molecule has 2 fully saturated rings. The fourth-order valence-electron chi connectivity index (χ4n) is 3.32. The predicted octanol–water partition coefficient (Wildman–Crippen LogP) is 1.42. The Morgan fingerprint density at radius 3 is 3.05 bits per heavy atom. The lowest BCUT2D eigenvalue weighted by atomic mass is 9.94. The number of hydrogen-bond acceptors (Lipinski definition) is 5. The number of halogens is 1. The summed E-state index contributed by atoms with van der Waals surface area (Å²) in [5, 5.41) is 22.2. The molecule has 1 aliphatic heterocycles. The van der Waals surface area contributed by atoms with Crippen LogP contribution in [-0.4, -0.2) is 42.6 Å². The molecule has 6 nitrogen and oxygen atoms in total. The topological polar surface area (TPSA) is 80.4 Å². The normalized spacial score (nSPS) is 35.6. The van der Waals surface area contributed by atoms with Gasteiger partial charge in [0.05, 0.1) is 5.39 Å². The smallest absolute Gasteiger partial charge is 0.165 e. The highest BCUT2D eigenvalue weighted by molar-refractivity contribution is 6.33. The van der Waals surface area contributed by atoms with Crippen LogP contribution < -0.4 is 0 Å². The second-order valence-electron chi connectivity index (χ2n) is 5.63. The van der Waals surface area contributed by atoms with Gasteiger partial charge in [-0.3, -0.25) is 0 Å². The fraction of sp³-hybridized carbons (Fsp3) is 0.429. The maximum Gasteiger partial charge on any atom is 0.165 e. The summed E-state index contributed by atoms with van der Waals surface area (Å²) < 4.78 is 7.54. The second-order valence-corrected chi connectivity index (χ2v) is 5.98. The Morgan fingerprint density at radius 2 is 2.29 bits per heavy atom. The maximum absolute atomic E-state index is 10.7. The zero-order chi connectivity index (χ0) is 14.8. The highest BCUT2D eigenvalue weighted by Crippen LogP contribution is 2.49. The largest absolute Gasteiger partial charge is 0.385 e. The van der Waals surface area contributed by atoms with E-state index in [0.29, 0.717) is 29.0 Å². The second kappa shape index (κ2) is 4.27. The third-order valence-electron chi connectivity index (χ3n) is 4.46. The zero-order valence-electron chi connectivity index (χ0n) is 11.1. The number of rotatable bonds is 1. The minimum Gasteiger partial charge on any atom is -0.385 e. The van der Waals surface area contributed by atoms with E-state index < -0.39 is 24.0 Å². The van der Waals surface area contributed by atoms with Crippen molar-refractivity contribution in [3.63, 3.8) is 0 Å². The van der Waals surface area contributed by atoms with E-state index in [1.54, 1.807) is 16.8 Å². The third kappa shape index (κ3) is 1.64. The molecule has 110 valence electrons. The lowest BCUT2D eigenvalue weighted by molar-refractivity contribution is -0.0628.